The topological polar surface area (TPSA) is 77.9 Å². The zero-order valence-corrected chi connectivity index (χ0v) is 13.6. The third-order valence-corrected chi connectivity index (χ3v) is 4.79. The van der Waals surface area contributed by atoms with Crippen molar-refractivity contribution in [2.24, 2.45) is 0 Å². The Labute approximate surface area is 141 Å². The van der Waals surface area contributed by atoms with Gasteiger partial charge in [0.2, 0.25) is 5.91 Å². The lowest BCUT2D eigenvalue weighted by molar-refractivity contribution is -0.143. The van der Waals surface area contributed by atoms with Gasteiger partial charge in [-0.1, -0.05) is 12.1 Å². The van der Waals surface area contributed by atoms with Crippen LogP contribution in [0.25, 0.3) is 0 Å². The van der Waals surface area contributed by atoms with Gasteiger partial charge in [-0.3, -0.25) is 9.59 Å². The quantitative estimate of drug-likeness (QED) is 0.914. The normalized spacial score (nSPS) is 21.2. The van der Waals surface area contributed by atoms with Gasteiger partial charge in [0.1, 0.15) is 6.04 Å². The van der Waals surface area contributed by atoms with E-state index in [0.29, 0.717) is 31.5 Å². The molecule has 6 heteroatoms. The van der Waals surface area contributed by atoms with E-state index in [1.807, 2.05) is 17.0 Å². The predicted molar refractivity (Wildman–Crippen MR) is 87.4 cm³/mol. The van der Waals surface area contributed by atoms with E-state index in [4.69, 9.17) is 0 Å². The minimum Gasteiger partial charge on any atom is -0.480 e. The Morgan fingerprint density at radius 1 is 1.08 bits per heavy atom. The van der Waals surface area contributed by atoms with Crippen molar-refractivity contribution in [1.82, 2.24) is 9.80 Å². The fourth-order valence-electron chi connectivity index (χ4n) is 3.44. The zero-order chi connectivity index (χ0) is 17.1. The first-order valence-electron chi connectivity index (χ1n) is 8.47. The molecule has 0 bridgehead atoms. The molecule has 0 aromatic heterocycles. The molecule has 1 N–H and O–H groups in total. The van der Waals surface area contributed by atoms with Crippen LogP contribution >= 0.6 is 0 Å². The molecule has 128 valence electrons. The fraction of sp³-hybridized carbons (Fsp3) is 0.500. The predicted octanol–water partition coefficient (Wildman–Crippen LogP) is 1.89. The van der Waals surface area contributed by atoms with Gasteiger partial charge in [0.05, 0.1) is 0 Å². The maximum Gasteiger partial charge on any atom is 0.326 e. The van der Waals surface area contributed by atoms with E-state index in [1.165, 1.54) is 4.90 Å². The summed E-state index contributed by atoms with van der Waals surface area (Å²) in [7, 11) is 0. The molecule has 0 spiro atoms. The molecule has 1 aromatic carbocycles. The highest BCUT2D eigenvalue weighted by atomic mass is 16.4. The van der Waals surface area contributed by atoms with E-state index in [9.17, 15) is 19.5 Å². The molecule has 2 heterocycles. The Bertz CT molecular complexity index is 641. The molecule has 2 aliphatic heterocycles. The van der Waals surface area contributed by atoms with Gasteiger partial charge in [0.25, 0.3) is 5.91 Å². The average Bonchev–Trinajstić information content (AvgIpc) is 3.00. The third kappa shape index (κ3) is 3.42. The van der Waals surface area contributed by atoms with Crippen LogP contribution in [0, 0.1) is 0 Å². The first-order chi connectivity index (χ1) is 11.6. The molecule has 2 aliphatic rings. The molecule has 2 saturated heterocycles. The number of carboxylic acids is 1. The van der Waals surface area contributed by atoms with Crippen LogP contribution in [-0.2, 0) is 16.1 Å². The SMILES string of the molecule is O=C(O)[C@@H]1CCCCN1C(=O)c1ccc(CN2CCCC2=O)cc1. The van der Waals surface area contributed by atoms with Crippen molar-refractivity contribution in [2.45, 2.75) is 44.7 Å². The molecule has 0 unspecified atom stereocenters. The Morgan fingerprint density at radius 2 is 1.83 bits per heavy atom. The van der Waals surface area contributed by atoms with Crippen LogP contribution in [0.3, 0.4) is 0 Å². The number of carbonyl (C=O) groups is 3. The molecule has 24 heavy (non-hydrogen) atoms. The van der Waals surface area contributed by atoms with Crippen molar-refractivity contribution >= 4 is 17.8 Å². The first-order valence-corrected chi connectivity index (χ1v) is 8.47. The van der Waals surface area contributed by atoms with Crippen LogP contribution in [0.4, 0.5) is 0 Å². The molecule has 2 amide bonds. The minimum absolute atomic E-state index is 0.174. The summed E-state index contributed by atoms with van der Waals surface area (Å²) in [4.78, 5) is 38.9. The van der Waals surface area contributed by atoms with Crippen molar-refractivity contribution in [3.63, 3.8) is 0 Å². The van der Waals surface area contributed by atoms with E-state index in [1.54, 1.807) is 12.1 Å². The Kier molecular flexibility index (Phi) is 4.83. The second-order valence-electron chi connectivity index (χ2n) is 6.46. The monoisotopic (exact) mass is 330 g/mol. The second-order valence-corrected chi connectivity index (χ2v) is 6.46. The maximum atomic E-state index is 12.6. The number of hydrogen-bond donors (Lipinski definition) is 1. The van der Waals surface area contributed by atoms with Crippen LogP contribution in [0.1, 0.15) is 48.0 Å². The summed E-state index contributed by atoms with van der Waals surface area (Å²) in [6.07, 6.45) is 3.70. The summed E-state index contributed by atoms with van der Waals surface area (Å²) in [5.74, 6) is -0.995. The van der Waals surface area contributed by atoms with Crippen LogP contribution in [0.2, 0.25) is 0 Å². The summed E-state index contributed by atoms with van der Waals surface area (Å²) in [5, 5.41) is 9.30. The maximum absolute atomic E-state index is 12.6. The third-order valence-electron chi connectivity index (χ3n) is 4.79. The largest absolute Gasteiger partial charge is 0.480 e. The summed E-state index contributed by atoms with van der Waals surface area (Å²) < 4.78 is 0. The number of likely N-dealkylation sites (tertiary alicyclic amines) is 2. The lowest BCUT2D eigenvalue weighted by Crippen LogP contribution is -2.47. The van der Waals surface area contributed by atoms with Crippen LogP contribution in [-0.4, -0.2) is 51.8 Å². The van der Waals surface area contributed by atoms with Gasteiger partial charge < -0.3 is 14.9 Å². The van der Waals surface area contributed by atoms with Crippen LogP contribution in [0.15, 0.2) is 24.3 Å². The number of piperidine rings is 1. The van der Waals surface area contributed by atoms with E-state index < -0.39 is 12.0 Å². The van der Waals surface area contributed by atoms with E-state index in [2.05, 4.69) is 0 Å². The fourth-order valence-corrected chi connectivity index (χ4v) is 3.44. The second kappa shape index (κ2) is 7.03. The number of benzene rings is 1. The van der Waals surface area contributed by atoms with Crippen LogP contribution < -0.4 is 0 Å². The number of carbonyl (C=O) groups excluding carboxylic acids is 2. The molecule has 0 radical (unpaired) electrons. The minimum atomic E-state index is -0.938. The van der Waals surface area contributed by atoms with E-state index in [0.717, 1.165) is 31.4 Å². The summed E-state index contributed by atoms with van der Waals surface area (Å²) >= 11 is 0. The van der Waals surface area contributed by atoms with Gasteiger partial charge in [-0.25, -0.2) is 4.79 Å². The Morgan fingerprint density at radius 3 is 2.46 bits per heavy atom. The molecule has 0 saturated carbocycles. The number of aliphatic carboxylic acids is 1. The molecule has 6 nitrogen and oxygen atoms in total. The number of hydrogen-bond acceptors (Lipinski definition) is 3. The molecule has 1 atom stereocenters. The molecular weight excluding hydrogens is 308 g/mol. The highest BCUT2D eigenvalue weighted by molar-refractivity contribution is 5.96. The van der Waals surface area contributed by atoms with Crippen molar-refractivity contribution in [2.75, 3.05) is 13.1 Å². The van der Waals surface area contributed by atoms with Gasteiger partial charge in [-0.05, 0) is 43.4 Å². The van der Waals surface area contributed by atoms with Gasteiger partial charge in [-0.2, -0.15) is 0 Å². The Hall–Kier alpha value is -2.37. The highest BCUT2D eigenvalue weighted by Crippen LogP contribution is 2.21. The number of nitrogens with zero attached hydrogens (tertiary/aromatic N) is 2. The number of carboxylic acid groups (broad SMARTS) is 1. The van der Waals surface area contributed by atoms with E-state index >= 15 is 0 Å². The molecule has 1 aromatic rings. The molecule has 3 rings (SSSR count). The molecule has 2 fully saturated rings. The van der Waals surface area contributed by atoms with Gasteiger partial charge in [0, 0.05) is 31.6 Å². The van der Waals surface area contributed by atoms with Gasteiger partial charge in [-0.15, -0.1) is 0 Å². The standard InChI is InChI=1S/C18H22N2O4/c21-16-5-3-10-19(16)12-13-6-8-14(9-7-13)17(22)20-11-2-1-4-15(20)18(23)24/h6-9,15H,1-5,10-12H2,(H,23,24)/t15-/m0/s1. The molecular formula is C18H22N2O4. The number of amides is 2. The molecule has 0 aliphatic carbocycles. The Balaban J connectivity index is 1.69. The summed E-state index contributed by atoms with van der Waals surface area (Å²) in [6, 6.07) is 6.42. The van der Waals surface area contributed by atoms with Crippen molar-refractivity contribution in [1.29, 1.82) is 0 Å². The lowest BCUT2D eigenvalue weighted by Gasteiger charge is -2.33. The van der Waals surface area contributed by atoms with E-state index in [-0.39, 0.29) is 11.8 Å². The number of rotatable bonds is 4. The van der Waals surface area contributed by atoms with Crippen molar-refractivity contribution in [3.8, 4) is 0 Å². The lowest BCUT2D eigenvalue weighted by atomic mass is 10.0. The first kappa shape index (κ1) is 16.5. The van der Waals surface area contributed by atoms with Gasteiger partial charge in [0.15, 0.2) is 0 Å². The zero-order valence-electron chi connectivity index (χ0n) is 13.6. The van der Waals surface area contributed by atoms with Crippen LogP contribution in [0.5, 0.6) is 0 Å². The smallest absolute Gasteiger partial charge is 0.326 e. The van der Waals surface area contributed by atoms with Crippen molar-refractivity contribution < 1.29 is 19.5 Å². The average molecular weight is 330 g/mol. The summed E-state index contributed by atoms with van der Waals surface area (Å²) in [6.45, 7) is 1.84. The summed E-state index contributed by atoms with van der Waals surface area (Å²) in [5.41, 5.74) is 1.48. The van der Waals surface area contributed by atoms with Gasteiger partial charge >= 0.3 is 5.97 Å². The van der Waals surface area contributed by atoms with Crippen molar-refractivity contribution in [3.05, 3.63) is 35.4 Å². The highest BCUT2D eigenvalue weighted by Gasteiger charge is 2.32.